The van der Waals surface area contributed by atoms with Crippen LogP contribution in [0.3, 0.4) is 0 Å². The van der Waals surface area contributed by atoms with Gasteiger partial charge in [0.05, 0.1) is 0 Å². The summed E-state index contributed by atoms with van der Waals surface area (Å²) < 4.78 is 19.9. The van der Waals surface area contributed by atoms with Crippen LogP contribution >= 0.6 is 0 Å². The number of aryl methyl sites for hydroxylation is 1. The molecule has 0 aliphatic rings. The number of aromatic nitrogens is 5. The van der Waals surface area contributed by atoms with Gasteiger partial charge in [0, 0.05) is 6.07 Å². The quantitative estimate of drug-likeness (QED) is 0.667. The van der Waals surface area contributed by atoms with Gasteiger partial charge in [-0.15, -0.1) is 5.10 Å². The van der Waals surface area contributed by atoms with E-state index in [1.165, 1.54) is 12.1 Å². The van der Waals surface area contributed by atoms with E-state index in [0.717, 1.165) is 0 Å². The average molecular weight is 233 g/mol. The van der Waals surface area contributed by atoms with Crippen LogP contribution < -0.4 is 0 Å². The summed E-state index contributed by atoms with van der Waals surface area (Å²) in [5, 5.41) is 11.1. The fraction of sp³-hybridized carbons (Fsp3) is 0.200. The zero-order chi connectivity index (χ0) is 11.8. The van der Waals surface area contributed by atoms with Crippen molar-refractivity contribution in [2.45, 2.75) is 13.5 Å². The van der Waals surface area contributed by atoms with Crippen molar-refractivity contribution in [3.05, 3.63) is 35.7 Å². The fourth-order valence-corrected chi connectivity index (χ4v) is 1.54. The van der Waals surface area contributed by atoms with Crippen molar-refractivity contribution in [3.8, 4) is 0 Å². The number of oxazole rings is 1. The lowest BCUT2D eigenvalue weighted by Gasteiger charge is -1.95. The predicted octanol–water partition coefficient (Wildman–Crippen LogP) is 1.31. The van der Waals surface area contributed by atoms with E-state index in [2.05, 4.69) is 20.5 Å². The molecule has 0 fully saturated rings. The Morgan fingerprint density at radius 1 is 1.41 bits per heavy atom. The number of halogens is 1. The zero-order valence-corrected chi connectivity index (χ0v) is 8.96. The van der Waals surface area contributed by atoms with Crippen LogP contribution in [0, 0.1) is 12.7 Å². The van der Waals surface area contributed by atoms with E-state index >= 15 is 0 Å². The van der Waals surface area contributed by atoms with Crippen molar-refractivity contribution < 1.29 is 8.81 Å². The van der Waals surface area contributed by atoms with Gasteiger partial charge in [0.1, 0.15) is 23.7 Å². The number of benzene rings is 1. The number of nitrogens with zero attached hydrogens (tertiary/aromatic N) is 5. The molecule has 3 rings (SSSR count). The second kappa shape index (κ2) is 3.62. The Morgan fingerprint density at radius 3 is 3.06 bits per heavy atom. The summed E-state index contributed by atoms with van der Waals surface area (Å²) in [4.78, 5) is 4.22. The van der Waals surface area contributed by atoms with Crippen LogP contribution in [-0.4, -0.2) is 25.2 Å². The highest BCUT2D eigenvalue weighted by Gasteiger charge is 2.09. The third-order valence-corrected chi connectivity index (χ3v) is 2.39. The first-order valence-corrected chi connectivity index (χ1v) is 5.00. The van der Waals surface area contributed by atoms with Gasteiger partial charge in [-0.25, -0.2) is 14.1 Å². The number of fused-ring (bicyclic) bond motifs is 1. The Kier molecular flexibility index (Phi) is 2.10. The standard InChI is InChI=1S/C10H8FN5O/c1-6-13-14-15-16(6)5-10-12-8-3-2-7(11)4-9(8)17-10/h2-4H,5H2,1H3. The van der Waals surface area contributed by atoms with Gasteiger partial charge < -0.3 is 4.42 Å². The van der Waals surface area contributed by atoms with Crippen molar-refractivity contribution in [1.82, 2.24) is 25.2 Å². The van der Waals surface area contributed by atoms with Crippen molar-refractivity contribution in [2.24, 2.45) is 0 Å². The molecule has 17 heavy (non-hydrogen) atoms. The predicted molar refractivity (Wildman–Crippen MR) is 55.6 cm³/mol. The summed E-state index contributed by atoms with van der Waals surface area (Å²) in [6.07, 6.45) is 0. The van der Waals surface area contributed by atoms with Crippen LogP contribution in [0.4, 0.5) is 4.39 Å². The van der Waals surface area contributed by atoms with E-state index in [1.807, 2.05) is 0 Å². The molecule has 0 aliphatic carbocycles. The van der Waals surface area contributed by atoms with Crippen LogP contribution in [0.2, 0.25) is 0 Å². The zero-order valence-electron chi connectivity index (χ0n) is 8.96. The Hall–Kier alpha value is -2.31. The van der Waals surface area contributed by atoms with Gasteiger partial charge in [0.15, 0.2) is 5.58 Å². The molecule has 2 heterocycles. The maximum atomic E-state index is 13.0. The van der Waals surface area contributed by atoms with Gasteiger partial charge in [-0.3, -0.25) is 0 Å². The summed E-state index contributed by atoms with van der Waals surface area (Å²) in [7, 11) is 0. The summed E-state index contributed by atoms with van der Waals surface area (Å²) in [6, 6.07) is 4.22. The smallest absolute Gasteiger partial charge is 0.217 e. The molecule has 0 amide bonds. The summed E-state index contributed by atoms with van der Waals surface area (Å²) >= 11 is 0. The number of rotatable bonds is 2. The summed E-state index contributed by atoms with van der Waals surface area (Å²) in [5.74, 6) is 0.762. The average Bonchev–Trinajstić information content (AvgIpc) is 2.85. The van der Waals surface area contributed by atoms with Crippen LogP contribution in [0.1, 0.15) is 11.7 Å². The molecule has 0 atom stereocenters. The van der Waals surface area contributed by atoms with Crippen molar-refractivity contribution >= 4 is 11.1 Å². The molecule has 0 bridgehead atoms. The molecule has 0 saturated carbocycles. The lowest BCUT2D eigenvalue weighted by atomic mass is 10.3. The van der Waals surface area contributed by atoms with Crippen LogP contribution in [-0.2, 0) is 6.54 Å². The lowest BCUT2D eigenvalue weighted by molar-refractivity contribution is 0.480. The maximum absolute atomic E-state index is 13.0. The molecular weight excluding hydrogens is 225 g/mol. The summed E-state index contributed by atoms with van der Waals surface area (Å²) in [5.41, 5.74) is 1.04. The minimum Gasteiger partial charge on any atom is -0.439 e. The van der Waals surface area contributed by atoms with Crippen LogP contribution in [0.5, 0.6) is 0 Å². The highest BCUT2D eigenvalue weighted by Crippen LogP contribution is 2.17. The molecule has 3 aromatic rings. The van der Waals surface area contributed by atoms with E-state index in [4.69, 9.17) is 4.42 Å². The van der Waals surface area contributed by atoms with Crippen LogP contribution in [0.25, 0.3) is 11.1 Å². The van der Waals surface area contributed by atoms with Crippen molar-refractivity contribution in [2.75, 3.05) is 0 Å². The third kappa shape index (κ3) is 1.75. The SMILES string of the molecule is Cc1nnnn1Cc1nc2ccc(F)cc2o1. The molecule has 1 aromatic carbocycles. The Morgan fingerprint density at radius 2 is 2.29 bits per heavy atom. The lowest BCUT2D eigenvalue weighted by Crippen LogP contribution is -2.04. The monoisotopic (exact) mass is 233 g/mol. The Balaban J connectivity index is 1.99. The topological polar surface area (TPSA) is 69.6 Å². The van der Waals surface area contributed by atoms with E-state index in [1.54, 1.807) is 17.7 Å². The minimum atomic E-state index is -0.348. The normalized spacial score (nSPS) is 11.2. The molecule has 2 aromatic heterocycles. The maximum Gasteiger partial charge on any atom is 0.217 e. The number of hydrogen-bond acceptors (Lipinski definition) is 5. The molecule has 6 nitrogen and oxygen atoms in total. The molecule has 86 valence electrons. The van der Waals surface area contributed by atoms with Gasteiger partial charge in [-0.05, 0) is 29.5 Å². The number of tetrazole rings is 1. The van der Waals surface area contributed by atoms with Crippen molar-refractivity contribution in [1.29, 1.82) is 0 Å². The molecule has 7 heteroatoms. The highest BCUT2D eigenvalue weighted by molar-refractivity contribution is 5.72. The van der Waals surface area contributed by atoms with Crippen LogP contribution in [0.15, 0.2) is 22.6 Å². The van der Waals surface area contributed by atoms with Gasteiger partial charge in [0.25, 0.3) is 0 Å². The summed E-state index contributed by atoms with van der Waals surface area (Å²) in [6.45, 7) is 2.11. The highest BCUT2D eigenvalue weighted by atomic mass is 19.1. The van der Waals surface area contributed by atoms with Gasteiger partial charge >= 0.3 is 0 Å². The van der Waals surface area contributed by atoms with E-state index in [0.29, 0.717) is 29.4 Å². The van der Waals surface area contributed by atoms with E-state index < -0.39 is 0 Å². The second-order valence-corrected chi connectivity index (χ2v) is 3.60. The Bertz CT molecular complexity index is 674. The van der Waals surface area contributed by atoms with E-state index in [9.17, 15) is 4.39 Å². The van der Waals surface area contributed by atoms with Gasteiger partial charge in [-0.1, -0.05) is 0 Å². The third-order valence-electron chi connectivity index (χ3n) is 2.39. The molecule has 0 aliphatic heterocycles. The number of hydrogen-bond donors (Lipinski definition) is 0. The second-order valence-electron chi connectivity index (χ2n) is 3.60. The molecule has 0 unspecified atom stereocenters. The fourth-order valence-electron chi connectivity index (χ4n) is 1.54. The van der Waals surface area contributed by atoms with Gasteiger partial charge in [0.2, 0.25) is 5.89 Å². The largest absolute Gasteiger partial charge is 0.439 e. The Labute approximate surface area is 95.1 Å². The minimum absolute atomic E-state index is 0.329. The first-order valence-electron chi connectivity index (χ1n) is 5.00. The molecule has 0 N–H and O–H groups in total. The van der Waals surface area contributed by atoms with Crippen molar-refractivity contribution in [3.63, 3.8) is 0 Å². The molecular formula is C10H8FN5O. The molecule has 0 spiro atoms. The van der Waals surface area contributed by atoms with E-state index in [-0.39, 0.29) is 5.82 Å². The molecule has 0 radical (unpaired) electrons. The molecule has 0 saturated heterocycles. The van der Waals surface area contributed by atoms with Gasteiger partial charge in [-0.2, -0.15) is 0 Å². The first kappa shape index (κ1) is 9.88. The first-order chi connectivity index (χ1) is 8.22.